The second-order valence-corrected chi connectivity index (χ2v) is 20.5. The lowest BCUT2D eigenvalue weighted by Crippen LogP contribution is -2.48. The molecule has 2 aliphatic rings. The van der Waals surface area contributed by atoms with Crippen LogP contribution in [0.15, 0.2) is 146 Å². The predicted molar refractivity (Wildman–Crippen MR) is 304 cm³/mol. The highest BCUT2D eigenvalue weighted by Crippen LogP contribution is 2.38. The van der Waals surface area contributed by atoms with E-state index in [4.69, 9.17) is 9.47 Å². The van der Waals surface area contributed by atoms with E-state index in [-0.39, 0.29) is 0 Å². The Labute approximate surface area is 473 Å². The standard InChI is InChI=1S/2C31H33F3N6O/c2*1-22-7-4-8-23(2)28(22)40-30(35-36-37-40)29(25-10-5-11-26(21-25)31(32,33)34)39-19-17-38(18-20-39)16-6-9-24-12-14-27(41-3)15-13-24/h2*4-15,21,29H,16-20H2,1-3H3/b2*9-6+/t2*29-/m10/s1. The fourth-order valence-corrected chi connectivity index (χ4v) is 10.7. The van der Waals surface area contributed by atoms with E-state index in [0.29, 0.717) is 49.0 Å². The number of aryl methyl sites for hydroxylation is 4. The Hall–Kier alpha value is -8.04. The van der Waals surface area contributed by atoms with E-state index in [1.165, 1.54) is 24.3 Å². The topological polar surface area (TPSA) is 119 Å². The van der Waals surface area contributed by atoms with E-state index in [0.717, 1.165) is 108 Å². The van der Waals surface area contributed by atoms with Gasteiger partial charge in [-0.05, 0) is 142 Å². The van der Waals surface area contributed by atoms with Crippen LogP contribution in [0.4, 0.5) is 26.3 Å². The molecule has 14 nitrogen and oxygen atoms in total. The number of methoxy groups -OCH3 is 2. The molecule has 428 valence electrons. The van der Waals surface area contributed by atoms with Crippen molar-refractivity contribution in [2.24, 2.45) is 0 Å². The van der Waals surface area contributed by atoms with Crippen LogP contribution in [-0.2, 0) is 12.4 Å². The van der Waals surface area contributed by atoms with Crippen LogP contribution in [0.2, 0.25) is 0 Å². The maximum atomic E-state index is 13.7. The number of aromatic nitrogens is 8. The van der Waals surface area contributed by atoms with E-state index in [1.54, 1.807) is 35.7 Å². The summed E-state index contributed by atoms with van der Waals surface area (Å²) in [6, 6.07) is 37.5. The van der Waals surface area contributed by atoms with Crippen molar-refractivity contribution < 1.29 is 35.8 Å². The minimum Gasteiger partial charge on any atom is -0.497 e. The third kappa shape index (κ3) is 14.2. The van der Waals surface area contributed by atoms with E-state index >= 15 is 0 Å². The lowest BCUT2D eigenvalue weighted by atomic mass is 10.00. The van der Waals surface area contributed by atoms with E-state index in [1.807, 2.05) is 113 Å². The maximum absolute atomic E-state index is 13.7. The summed E-state index contributed by atoms with van der Waals surface area (Å²) in [4.78, 5) is 9.01. The Morgan fingerprint density at radius 3 is 1.13 bits per heavy atom. The minimum absolute atomic E-state index is 0.495. The summed E-state index contributed by atoms with van der Waals surface area (Å²) in [6.45, 7) is 15.1. The highest BCUT2D eigenvalue weighted by molar-refractivity contribution is 5.52. The predicted octanol–water partition coefficient (Wildman–Crippen LogP) is 11.5. The molecular formula is C62H66F6N12O2. The first-order valence-corrected chi connectivity index (χ1v) is 27.1. The zero-order chi connectivity index (χ0) is 58.0. The molecule has 2 aromatic heterocycles. The monoisotopic (exact) mass is 1120 g/mol. The largest absolute Gasteiger partial charge is 0.497 e. The molecular weight excluding hydrogens is 1060 g/mol. The van der Waals surface area contributed by atoms with Gasteiger partial charge in [-0.15, -0.1) is 10.2 Å². The van der Waals surface area contributed by atoms with Gasteiger partial charge >= 0.3 is 12.4 Å². The summed E-state index contributed by atoms with van der Waals surface area (Å²) in [7, 11) is 3.29. The smallest absolute Gasteiger partial charge is 0.416 e. The second-order valence-electron chi connectivity index (χ2n) is 20.5. The number of hydrogen-bond donors (Lipinski definition) is 0. The SMILES string of the molecule is COc1ccc(/C=C/CN2CCN([C@@H](c3cccc(C(F)(F)F)c3)c3nnnn3-c3c(C)cccc3C)CC2)cc1.COc1ccc(/C=C/CN2CCN([C@H](c3cccc(C(F)(F)F)c3)c3nnnn3-c3c(C)cccc3C)CC2)cc1. The summed E-state index contributed by atoms with van der Waals surface area (Å²) in [5, 5.41) is 25.3. The first-order valence-electron chi connectivity index (χ1n) is 27.1. The van der Waals surface area contributed by atoms with Crippen molar-refractivity contribution in [3.05, 3.63) is 213 Å². The lowest BCUT2D eigenvalue weighted by molar-refractivity contribution is -0.138. The first kappa shape index (κ1) is 58.6. The summed E-state index contributed by atoms with van der Waals surface area (Å²) in [5.41, 5.74) is 7.43. The van der Waals surface area contributed by atoms with Gasteiger partial charge in [0.2, 0.25) is 0 Å². The number of tetrazole rings is 2. The fourth-order valence-electron chi connectivity index (χ4n) is 10.7. The Kier molecular flexibility index (Phi) is 18.8. The third-order valence-electron chi connectivity index (χ3n) is 15.0. The summed E-state index contributed by atoms with van der Waals surface area (Å²) < 4.78 is 96.1. The second kappa shape index (κ2) is 26.3. The molecule has 0 N–H and O–H groups in total. The highest BCUT2D eigenvalue weighted by Gasteiger charge is 2.37. The number of alkyl halides is 6. The van der Waals surface area contributed by atoms with Crippen molar-refractivity contribution in [2.75, 3.05) is 79.7 Å². The highest BCUT2D eigenvalue weighted by atomic mass is 19.4. The molecule has 2 fully saturated rings. The van der Waals surface area contributed by atoms with Crippen molar-refractivity contribution in [2.45, 2.75) is 52.1 Å². The lowest BCUT2D eigenvalue weighted by Gasteiger charge is -2.38. The molecule has 4 heterocycles. The molecule has 0 saturated carbocycles. The Morgan fingerprint density at radius 1 is 0.463 bits per heavy atom. The molecule has 82 heavy (non-hydrogen) atoms. The van der Waals surface area contributed by atoms with Crippen LogP contribution in [0.5, 0.6) is 11.5 Å². The van der Waals surface area contributed by atoms with Crippen molar-refractivity contribution in [3.8, 4) is 22.9 Å². The zero-order valence-corrected chi connectivity index (χ0v) is 46.7. The molecule has 0 bridgehead atoms. The Morgan fingerprint density at radius 2 is 0.805 bits per heavy atom. The molecule has 0 unspecified atom stereocenters. The number of rotatable bonds is 16. The van der Waals surface area contributed by atoms with E-state index in [9.17, 15) is 26.3 Å². The van der Waals surface area contributed by atoms with Gasteiger partial charge in [0.25, 0.3) is 0 Å². The molecule has 0 radical (unpaired) electrons. The first-order chi connectivity index (χ1) is 39.5. The fraction of sp³-hybridized carbons (Fsp3) is 0.323. The Balaban J connectivity index is 0.000000198. The van der Waals surface area contributed by atoms with Gasteiger partial charge in [-0.25, -0.2) is 0 Å². The van der Waals surface area contributed by atoms with Crippen LogP contribution >= 0.6 is 0 Å². The van der Waals surface area contributed by atoms with Crippen molar-refractivity contribution >= 4 is 12.2 Å². The number of benzene rings is 6. The molecule has 8 aromatic rings. The summed E-state index contributed by atoms with van der Waals surface area (Å²) >= 11 is 0. The average molecular weight is 1130 g/mol. The molecule has 2 aliphatic heterocycles. The summed E-state index contributed by atoms with van der Waals surface area (Å²) in [5.74, 6) is 2.62. The van der Waals surface area contributed by atoms with Gasteiger partial charge < -0.3 is 9.47 Å². The number of nitrogens with zero attached hydrogens (tertiary/aromatic N) is 12. The molecule has 0 spiro atoms. The Bertz CT molecular complexity index is 3170. The zero-order valence-electron chi connectivity index (χ0n) is 46.7. The van der Waals surface area contributed by atoms with Crippen molar-refractivity contribution in [3.63, 3.8) is 0 Å². The minimum atomic E-state index is -4.45. The summed E-state index contributed by atoms with van der Waals surface area (Å²) in [6.07, 6.45) is -0.486. The van der Waals surface area contributed by atoms with Gasteiger partial charge in [-0.2, -0.15) is 35.7 Å². The van der Waals surface area contributed by atoms with Crippen LogP contribution < -0.4 is 9.47 Å². The molecule has 6 aromatic carbocycles. The number of para-hydroxylation sites is 2. The number of halogens is 6. The van der Waals surface area contributed by atoms with Gasteiger partial charge in [0.05, 0.1) is 48.8 Å². The quantitative estimate of drug-likeness (QED) is 0.0857. The van der Waals surface area contributed by atoms with Crippen LogP contribution in [0.25, 0.3) is 23.5 Å². The molecule has 20 heteroatoms. The van der Waals surface area contributed by atoms with E-state index < -0.39 is 35.6 Å². The third-order valence-corrected chi connectivity index (χ3v) is 15.0. The van der Waals surface area contributed by atoms with E-state index in [2.05, 4.69) is 75.0 Å². The average Bonchev–Trinajstić information content (AvgIpc) is 4.35. The number of ether oxygens (including phenoxy) is 2. The molecule has 10 rings (SSSR count). The van der Waals surface area contributed by atoms with Crippen LogP contribution in [0.1, 0.15) is 79.4 Å². The van der Waals surface area contributed by atoms with Gasteiger partial charge in [0, 0.05) is 65.4 Å². The number of piperazine rings is 2. The van der Waals surface area contributed by atoms with Crippen LogP contribution in [0, 0.1) is 27.7 Å². The van der Waals surface area contributed by atoms with Gasteiger partial charge in [-0.1, -0.05) is 109 Å². The molecule has 0 aliphatic carbocycles. The van der Waals surface area contributed by atoms with Crippen molar-refractivity contribution in [1.82, 2.24) is 60.0 Å². The van der Waals surface area contributed by atoms with Gasteiger partial charge in [-0.3, -0.25) is 19.6 Å². The number of hydrogen-bond acceptors (Lipinski definition) is 12. The normalized spacial score (nSPS) is 15.9. The van der Waals surface area contributed by atoms with Gasteiger partial charge in [0.1, 0.15) is 11.5 Å². The van der Waals surface area contributed by atoms with Crippen LogP contribution in [-0.4, -0.2) is 140 Å². The maximum Gasteiger partial charge on any atom is 0.416 e. The molecule has 0 amide bonds. The molecule has 2 saturated heterocycles. The van der Waals surface area contributed by atoms with Gasteiger partial charge in [0.15, 0.2) is 11.6 Å². The van der Waals surface area contributed by atoms with Crippen molar-refractivity contribution in [1.29, 1.82) is 0 Å². The van der Waals surface area contributed by atoms with Crippen LogP contribution in [0.3, 0.4) is 0 Å². The molecule has 2 atom stereocenters.